The Morgan fingerprint density at radius 3 is 1.80 bits per heavy atom. The minimum atomic E-state index is -5.23. The van der Waals surface area contributed by atoms with Gasteiger partial charge in [0.15, 0.2) is 5.71 Å². The number of nitrogens with zero attached hydrogens (tertiary/aromatic N) is 8. The molecule has 236 valence electrons. The van der Waals surface area contributed by atoms with Gasteiger partial charge in [-0.2, -0.15) is 20.1 Å². The van der Waals surface area contributed by atoms with E-state index in [9.17, 15) is 36.6 Å². The molecule has 49 heavy (non-hydrogen) atoms. The second-order valence-corrected chi connectivity index (χ2v) is 12.5. The summed E-state index contributed by atoms with van der Waals surface area (Å²) in [4.78, 5) is 23.8. The van der Waals surface area contributed by atoms with Crippen molar-refractivity contribution in [3.8, 4) is 5.69 Å². The summed E-state index contributed by atoms with van der Waals surface area (Å²) in [7, 11) is -9.57. The summed E-state index contributed by atoms with van der Waals surface area (Å²) in [5.41, 5.74) is 0.715. The molecule has 0 radical (unpaired) electrons. The van der Waals surface area contributed by atoms with Crippen LogP contribution in [0.25, 0.3) is 22.8 Å². The van der Waals surface area contributed by atoms with E-state index in [2.05, 4.69) is 30.6 Å². The molecule has 2 aromatic carbocycles. The molecule has 0 bridgehead atoms. The first-order valence-electron chi connectivity index (χ1n) is 13.0. The Bertz CT molecular complexity index is 2400. The minimum Gasteiger partial charge on any atom is -0.757 e. The van der Waals surface area contributed by atoms with Gasteiger partial charge in [0.1, 0.15) is 21.2 Å². The average molecular weight is 719 g/mol. The molecule has 0 fully saturated rings. The Kier molecular flexibility index (Phi) is 11.6. The van der Waals surface area contributed by atoms with Crippen molar-refractivity contribution in [3.63, 3.8) is 0 Å². The van der Waals surface area contributed by atoms with Gasteiger partial charge >= 0.3 is 59.1 Å². The summed E-state index contributed by atoms with van der Waals surface area (Å²) < 4.78 is 68.1. The van der Waals surface area contributed by atoms with Gasteiger partial charge in [-0.05, 0) is 78.9 Å². The van der Waals surface area contributed by atoms with Crippen LogP contribution in [0.15, 0.2) is 110 Å². The van der Waals surface area contributed by atoms with Crippen LogP contribution in [-0.4, -0.2) is 79.7 Å². The number of ketones is 1. The van der Waals surface area contributed by atoms with E-state index in [1.54, 1.807) is 0 Å². The first-order valence-corrected chi connectivity index (χ1v) is 15.9. The van der Waals surface area contributed by atoms with Crippen molar-refractivity contribution in [1.82, 2.24) is 15.0 Å². The van der Waals surface area contributed by atoms with Crippen LogP contribution in [0.5, 0.6) is 0 Å². The molecule has 0 spiro atoms. The Balaban J connectivity index is 0.00000270. The van der Waals surface area contributed by atoms with Crippen molar-refractivity contribution in [2.24, 2.45) is 20.4 Å². The maximum Gasteiger partial charge on any atom is 1.00 e. The molecule has 3 aromatic rings. The maximum atomic E-state index is 13.4. The number of aromatic nitrogens is 3. The predicted octanol–water partition coefficient (Wildman–Crippen LogP) is -3.67. The monoisotopic (exact) mass is 718 g/mol. The molecule has 0 aliphatic heterocycles. The summed E-state index contributed by atoms with van der Waals surface area (Å²) in [6.07, 6.45) is 11.8. The number of non-ortho nitro benzene ring substituents is 1. The first kappa shape index (κ1) is 38.0. The number of allylic oxidation sites excluding steroid dienone is 9. The molecule has 1 aromatic heterocycles. The second-order valence-electron chi connectivity index (χ2n) is 9.68. The fourth-order valence-electron chi connectivity index (χ4n) is 4.39. The third kappa shape index (κ3) is 8.31. The van der Waals surface area contributed by atoms with Crippen LogP contribution < -0.4 is 59.1 Å². The molecule has 17 nitrogen and oxygen atoms in total. The van der Waals surface area contributed by atoms with Gasteiger partial charge in [0, 0.05) is 38.2 Å². The Morgan fingerprint density at radius 1 is 0.755 bits per heavy atom. The normalized spacial score (nSPS) is 17.2. The van der Waals surface area contributed by atoms with Crippen LogP contribution in [0.1, 0.15) is 15.9 Å². The Hall–Kier alpha value is -3.86. The van der Waals surface area contributed by atoms with E-state index < -0.39 is 41.5 Å². The van der Waals surface area contributed by atoms with E-state index in [0.717, 1.165) is 23.0 Å². The average Bonchev–Trinajstić information content (AvgIpc) is 3.48. The van der Waals surface area contributed by atoms with Crippen LogP contribution in [0.2, 0.25) is 0 Å². The van der Waals surface area contributed by atoms with Gasteiger partial charge in [-0.15, -0.1) is 15.3 Å². The number of Topliss-reactive ketones (excluding diaryl/α,β-unsaturated/α-hetero) is 1. The number of hydrogen-bond acceptors (Lipinski definition) is 14. The first-order chi connectivity index (χ1) is 22.3. The Morgan fingerprint density at radius 2 is 1.29 bits per heavy atom. The topological polar surface area (TPSA) is 258 Å². The van der Waals surface area contributed by atoms with E-state index >= 15 is 0 Å². The number of carbonyl (C=O) groups excluding carboxylic acids is 1. The third-order valence-electron chi connectivity index (χ3n) is 6.65. The van der Waals surface area contributed by atoms with E-state index in [1.165, 1.54) is 72.9 Å². The molecular formula is C28H16N8Na2O9S2. The van der Waals surface area contributed by atoms with Crippen LogP contribution >= 0.6 is 0 Å². The summed E-state index contributed by atoms with van der Waals surface area (Å²) >= 11 is 0. The van der Waals surface area contributed by atoms with Gasteiger partial charge < -0.3 is 13.7 Å². The van der Waals surface area contributed by atoms with Crippen LogP contribution in [0.4, 0.5) is 5.69 Å². The van der Waals surface area contributed by atoms with Gasteiger partial charge in [0.2, 0.25) is 5.78 Å². The largest absolute Gasteiger partial charge is 1.00 e. The molecule has 1 heterocycles. The minimum absolute atomic E-state index is 0. The number of nitro groups is 1. The van der Waals surface area contributed by atoms with Gasteiger partial charge in [-0.3, -0.25) is 19.1 Å². The van der Waals surface area contributed by atoms with Crippen LogP contribution in [0.3, 0.4) is 0 Å². The molecule has 1 atom stereocenters. The maximum absolute atomic E-state index is 13.4. The van der Waals surface area contributed by atoms with Crippen molar-refractivity contribution in [3.05, 3.63) is 111 Å². The van der Waals surface area contributed by atoms with Crippen LogP contribution in [0, 0.1) is 10.1 Å². The van der Waals surface area contributed by atoms with Crippen molar-refractivity contribution in [2.45, 2.75) is 0 Å². The van der Waals surface area contributed by atoms with E-state index in [-0.39, 0.29) is 97.5 Å². The molecular weight excluding hydrogens is 702 g/mol. The van der Waals surface area contributed by atoms with E-state index in [0.29, 0.717) is 17.1 Å². The van der Waals surface area contributed by atoms with E-state index in [4.69, 9.17) is 4.55 Å². The SMILES string of the molecule is O=C1C(=NN=C2C=CC(=NN=C3C=CC(=S(=O)([O-])O)C=C3)C=C2)C(S(=O)(=O)[O-])=Cc2c1ccc1nn(-c3ccc([N+](=O)[O-])cc3)nc21.[Na+].[Na+]. The van der Waals surface area contributed by atoms with Crippen molar-refractivity contribution >= 4 is 76.5 Å². The smallest absolute Gasteiger partial charge is 0.757 e. The molecule has 0 saturated heterocycles. The van der Waals surface area contributed by atoms with Gasteiger partial charge in [0.05, 0.1) is 32.7 Å². The van der Waals surface area contributed by atoms with Crippen molar-refractivity contribution in [2.75, 3.05) is 0 Å². The number of carbonyl (C=O) groups is 1. The molecule has 3 aliphatic rings. The molecule has 6 rings (SSSR count). The van der Waals surface area contributed by atoms with E-state index in [1.807, 2.05) is 0 Å². The quantitative estimate of drug-likeness (QED) is 0.0671. The summed E-state index contributed by atoms with van der Waals surface area (Å²) in [6.45, 7) is 0. The molecule has 1 N–H and O–H groups in total. The summed E-state index contributed by atoms with van der Waals surface area (Å²) in [6, 6.07) is 8.18. The molecule has 0 saturated carbocycles. The number of fused-ring (bicyclic) bond motifs is 3. The molecule has 0 amide bonds. The molecule has 3 aliphatic carbocycles. The van der Waals surface area contributed by atoms with Crippen molar-refractivity contribution in [1.29, 1.82) is 0 Å². The van der Waals surface area contributed by atoms with Gasteiger partial charge in [0.25, 0.3) is 5.69 Å². The fraction of sp³-hybridized carbons (Fsp3) is 0. The summed E-state index contributed by atoms with van der Waals surface area (Å²) in [5.74, 6) is -0.891. The molecule has 1 unspecified atom stereocenters. The zero-order chi connectivity index (χ0) is 33.5. The third-order valence-corrected chi connectivity index (χ3v) is 8.37. The van der Waals surface area contributed by atoms with Crippen molar-refractivity contribution < 1.29 is 95.1 Å². The van der Waals surface area contributed by atoms with Gasteiger partial charge in [-0.1, -0.05) is 0 Å². The number of rotatable bonds is 5. The zero-order valence-corrected chi connectivity index (χ0v) is 30.9. The second kappa shape index (κ2) is 14.9. The van der Waals surface area contributed by atoms with Gasteiger partial charge in [-0.25, -0.2) is 8.42 Å². The zero-order valence-electron chi connectivity index (χ0n) is 25.3. The molecule has 21 heteroatoms. The number of nitro benzene ring substituents is 1. The fourth-order valence-corrected chi connectivity index (χ4v) is 5.50. The number of benzene rings is 2. The standard InChI is InChI=1S/C28H18N8O9S2.2Na/c37-28-22-13-14-24-26(34-35(33-24)19-7-9-20(10-8-19)36(38)39)23(22)15-25(47(43,44)45)27(28)32-31-17-3-1-16(2-4-17)29-30-18-5-11-21(12-6-18)46(40,41)42;;/h1-15H,(H2,40,41,42)(H,43,44,45);;/q;2*+1/p-2. The predicted molar refractivity (Wildman–Crippen MR) is 170 cm³/mol. The Labute approximate surface area is 321 Å². The summed E-state index contributed by atoms with van der Waals surface area (Å²) in [5, 5.41) is 35.3. The number of hydrogen-bond donors (Lipinski definition) is 1. The van der Waals surface area contributed by atoms with Crippen LogP contribution in [-0.2, 0) is 20.2 Å².